The number of ether oxygens (including phenoxy) is 1. The molecule has 2 rings (SSSR count). The highest BCUT2D eigenvalue weighted by Gasteiger charge is 2.37. The molecule has 2 heterocycles. The fourth-order valence-corrected chi connectivity index (χ4v) is 3.32. The van der Waals surface area contributed by atoms with E-state index in [1.54, 1.807) is 11.3 Å². The highest BCUT2D eigenvalue weighted by Crippen LogP contribution is 2.30. The second-order valence-corrected chi connectivity index (χ2v) is 5.83. The van der Waals surface area contributed by atoms with Gasteiger partial charge in [0.05, 0.1) is 6.10 Å². The highest BCUT2D eigenvalue weighted by atomic mass is 32.1. The average molecular weight is 254 g/mol. The van der Waals surface area contributed by atoms with E-state index in [0.29, 0.717) is 12.6 Å². The van der Waals surface area contributed by atoms with Gasteiger partial charge in [-0.2, -0.15) is 11.3 Å². The van der Waals surface area contributed by atoms with Gasteiger partial charge in [-0.1, -0.05) is 0 Å². The summed E-state index contributed by atoms with van der Waals surface area (Å²) in [6.45, 7) is 4.66. The van der Waals surface area contributed by atoms with Gasteiger partial charge in [0, 0.05) is 25.2 Å². The molecule has 1 saturated heterocycles. The Labute approximate surface area is 108 Å². The van der Waals surface area contributed by atoms with Crippen molar-refractivity contribution in [3.63, 3.8) is 0 Å². The number of likely N-dealkylation sites (N-methyl/N-ethyl adjacent to an activating group) is 1. The zero-order chi connectivity index (χ0) is 12.3. The van der Waals surface area contributed by atoms with Crippen LogP contribution in [-0.2, 0) is 11.3 Å². The molecule has 0 saturated carbocycles. The first-order chi connectivity index (χ1) is 8.16. The van der Waals surface area contributed by atoms with Crippen LogP contribution in [0.2, 0.25) is 0 Å². The molecule has 0 bridgehead atoms. The summed E-state index contributed by atoms with van der Waals surface area (Å²) < 4.78 is 5.64. The molecule has 2 unspecified atom stereocenters. The molecule has 96 valence electrons. The summed E-state index contributed by atoms with van der Waals surface area (Å²) in [5.74, 6) is 0. The molecule has 1 fully saturated rings. The first-order valence-electron chi connectivity index (χ1n) is 6.20. The molecule has 1 aliphatic heterocycles. The van der Waals surface area contributed by atoms with Crippen molar-refractivity contribution < 1.29 is 4.74 Å². The summed E-state index contributed by atoms with van der Waals surface area (Å²) in [5.41, 5.74) is 7.53. The van der Waals surface area contributed by atoms with Crippen LogP contribution < -0.4 is 5.73 Å². The fraction of sp³-hybridized carbons (Fsp3) is 0.692. The van der Waals surface area contributed by atoms with Gasteiger partial charge in [0.25, 0.3) is 0 Å². The van der Waals surface area contributed by atoms with Crippen LogP contribution in [-0.4, -0.2) is 36.7 Å². The maximum Gasteiger partial charge on any atom is 0.0565 e. The fourth-order valence-electron chi connectivity index (χ4n) is 2.66. The molecule has 1 aliphatic rings. The van der Waals surface area contributed by atoms with E-state index < -0.39 is 0 Å². The first-order valence-corrected chi connectivity index (χ1v) is 7.14. The van der Waals surface area contributed by atoms with Gasteiger partial charge in [0.15, 0.2) is 0 Å². The number of nitrogens with zero attached hydrogens (tertiary/aromatic N) is 1. The van der Waals surface area contributed by atoms with E-state index in [0.717, 1.165) is 26.0 Å². The minimum Gasteiger partial charge on any atom is -0.378 e. The molecule has 2 N–H and O–H groups in total. The molecule has 0 aliphatic carbocycles. The SMILES string of the molecule is CC1CC(CN)(N(C)Cc2ccsc2)CCO1. The van der Waals surface area contributed by atoms with Gasteiger partial charge < -0.3 is 10.5 Å². The largest absolute Gasteiger partial charge is 0.378 e. The molecule has 1 aromatic rings. The van der Waals surface area contributed by atoms with Crippen LogP contribution in [0.1, 0.15) is 25.3 Å². The summed E-state index contributed by atoms with van der Waals surface area (Å²) in [6, 6.07) is 2.19. The summed E-state index contributed by atoms with van der Waals surface area (Å²) >= 11 is 1.75. The van der Waals surface area contributed by atoms with Crippen molar-refractivity contribution in [2.24, 2.45) is 5.73 Å². The van der Waals surface area contributed by atoms with Gasteiger partial charge in [-0.15, -0.1) is 0 Å². The quantitative estimate of drug-likeness (QED) is 0.894. The van der Waals surface area contributed by atoms with E-state index in [1.165, 1.54) is 5.56 Å². The summed E-state index contributed by atoms with van der Waals surface area (Å²) in [6.07, 6.45) is 2.38. The van der Waals surface area contributed by atoms with E-state index >= 15 is 0 Å². The normalized spacial score (nSPS) is 29.8. The van der Waals surface area contributed by atoms with Crippen LogP contribution in [0.3, 0.4) is 0 Å². The Morgan fingerprint density at radius 3 is 3.06 bits per heavy atom. The van der Waals surface area contributed by atoms with Crippen molar-refractivity contribution in [1.29, 1.82) is 0 Å². The van der Waals surface area contributed by atoms with Crippen LogP contribution in [0.4, 0.5) is 0 Å². The molecule has 1 aromatic heterocycles. The lowest BCUT2D eigenvalue weighted by Gasteiger charge is -2.45. The van der Waals surface area contributed by atoms with E-state index in [4.69, 9.17) is 10.5 Å². The number of hydrogen-bond acceptors (Lipinski definition) is 4. The second-order valence-electron chi connectivity index (χ2n) is 5.05. The van der Waals surface area contributed by atoms with Crippen LogP contribution in [0.15, 0.2) is 16.8 Å². The molecule has 17 heavy (non-hydrogen) atoms. The van der Waals surface area contributed by atoms with Crippen molar-refractivity contribution in [2.45, 2.75) is 38.0 Å². The first kappa shape index (κ1) is 13.0. The maximum absolute atomic E-state index is 6.04. The Bertz CT molecular complexity index is 341. The Balaban J connectivity index is 2.06. The van der Waals surface area contributed by atoms with Crippen LogP contribution in [0.25, 0.3) is 0 Å². The van der Waals surface area contributed by atoms with Crippen molar-refractivity contribution in [1.82, 2.24) is 4.90 Å². The lowest BCUT2D eigenvalue weighted by atomic mass is 9.85. The highest BCUT2D eigenvalue weighted by molar-refractivity contribution is 7.07. The van der Waals surface area contributed by atoms with Crippen molar-refractivity contribution in [3.8, 4) is 0 Å². The van der Waals surface area contributed by atoms with Crippen LogP contribution >= 0.6 is 11.3 Å². The van der Waals surface area contributed by atoms with E-state index in [1.807, 2.05) is 0 Å². The number of nitrogens with two attached hydrogens (primary N) is 1. The lowest BCUT2D eigenvalue weighted by molar-refractivity contribution is -0.0583. The van der Waals surface area contributed by atoms with E-state index in [2.05, 4.69) is 35.7 Å². The molecule has 3 nitrogen and oxygen atoms in total. The number of rotatable bonds is 4. The predicted octanol–water partition coefficient (Wildman–Crippen LogP) is 2.08. The van der Waals surface area contributed by atoms with E-state index in [9.17, 15) is 0 Å². The van der Waals surface area contributed by atoms with Crippen molar-refractivity contribution >= 4 is 11.3 Å². The van der Waals surface area contributed by atoms with Gasteiger partial charge in [0.2, 0.25) is 0 Å². The second kappa shape index (κ2) is 5.48. The Hall–Kier alpha value is -0.420. The molecule has 0 radical (unpaired) electrons. The minimum absolute atomic E-state index is 0.111. The predicted molar refractivity (Wildman–Crippen MR) is 72.2 cm³/mol. The maximum atomic E-state index is 6.04. The standard InChI is InChI=1S/C13H22N2OS/c1-11-7-13(10-14,4-5-16-11)15(2)8-12-3-6-17-9-12/h3,6,9,11H,4-5,7-8,10,14H2,1-2H3. The summed E-state index contributed by atoms with van der Waals surface area (Å²) in [7, 11) is 2.18. The average Bonchev–Trinajstić information content (AvgIpc) is 2.81. The Morgan fingerprint density at radius 1 is 1.65 bits per heavy atom. The molecular weight excluding hydrogens is 232 g/mol. The molecule has 0 amide bonds. The number of hydrogen-bond donors (Lipinski definition) is 1. The van der Waals surface area contributed by atoms with Crippen molar-refractivity contribution in [3.05, 3.63) is 22.4 Å². The lowest BCUT2D eigenvalue weighted by Crippen LogP contribution is -2.56. The van der Waals surface area contributed by atoms with Crippen LogP contribution in [0.5, 0.6) is 0 Å². The summed E-state index contributed by atoms with van der Waals surface area (Å²) in [4.78, 5) is 2.41. The molecule has 0 spiro atoms. The Kier molecular flexibility index (Phi) is 4.20. The van der Waals surface area contributed by atoms with Crippen molar-refractivity contribution in [2.75, 3.05) is 20.2 Å². The van der Waals surface area contributed by atoms with Gasteiger partial charge in [-0.25, -0.2) is 0 Å². The summed E-state index contributed by atoms with van der Waals surface area (Å²) in [5, 5.41) is 4.34. The van der Waals surface area contributed by atoms with Gasteiger partial charge in [-0.05, 0) is 49.2 Å². The minimum atomic E-state index is 0.111. The number of thiophene rings is 1. The zero-order valence-corrected chi connectivity index (χ0v) is 11.5. The third kappa shape index (κ3) is 2.88. The molecule has 0 aromatic carbocycles. The third-order valence-corrected chi connectivity index (χ3v) is 4.56. The Morgan fingerprint density at radius 2 is 2.47 bits per heavy atom. The smallest absolute Gasteiger partial charge is 0.0565 e. The van der Waals surface area contributed by atoms with Gasteiger partial charge in [-0.3, -0.25) is 4.90 Å². The van der Waals surface area contributed by atoms with Gasteiger partial charge >= 0.3 is 0 Å². The molecule has 2 atom stereocenters. The monoisotopic (exact) mass is 254 g/mol. The van der Waals surface area contributed by atoms with E-state index in [-0.39, 0.29) is 5.54 Å². The third-order valence-electron chi connectivity index (χ3n) is 3.83. The zero-order valence-electron chi connectivity index (χ0n) is 10.7. The molecular formula is C13H22N2OS. The topological polar surface area (TPSA) is 38.5 Å². The van der Waals surface area contributed by atoms with Crippen LogP contribution in [0, 0.1) is 0 Å². The van der Waals surface area contributed by atoms with Gasteiger partial charge in [0.1, 0.15) is 0 Å². The molecule has 4 heteroatoms.